The lowest BCUT2D eigenvalue weighted by Crippen LogP contribution is -2.35. The molecule has 3 unspecified atom stereocenters. The highest BCUT2D eigenvalue weighted by Crippen LogP contribution is 2.49. The second kappa shape index (κ2) is 5.72. The van der Waals surface area contributed by atoms with Crippen LogP contribution in [0.15, 0.2) is 4.47 Å². The van der Waals surface area contributed by atoms with Crippen molar-refractivity contribution in [2.75, 3.05) is 6.54 Å². The SMILES string of the molecule is CC1Cc2c(CC3CCCCN3)c3c(c(Br)c2O1)CC(C)O3. The summed E-state index contributed by atoms with van der Waals surface area (Å²) in [5.74, 6) is 2.22. The fraction of sp³-hybridized carbons (Fsp3) is 0.667. The van der Waals surface area contributed by atoms with Crippen molar-refractivity contribution in [3.63, 3.8) is 0 Å². The molecule has 1 fully saturated rings. The number of halogens is 1. The van der Waals surface area contributed by atoms with Crippen molar-refractivity contribution in [3.8, 4) is 11.5 Å². The van der Waals surface area contributed by atoms with Gasteiger partial charge in [-0.1, -0.05) is 6.42 Å². The Hall–Kier alpha value is -0.740. The number of rotatable bonds is 2. The summed E-state index contributed by atoms with van der Waals surface area (Å²) in [5, 5.41) is 3.68. The standard InChI is InChI=1S/C18H24BrNO2/c1-10-7-13-14(9-12-5-3-4-6-20-12)17-15(8-11(2)21-17)16(19)18(13)22-10/h10-12,20H,3-9H2,1-2H3. The minimum absolute atomic E-state index is 0.268. The van der Waals surface area contributed by atoms with E-state index in [-0.39, 0.29) is 12.2 Å². The van der Waals surface area contributed by atoms with Crippen LogP contribution < -0.4 is 14.8 Å². The summed E-state index contributed by atoms with van der Waals surface area (Å²) < 4.78 is 13.4. The summed E-state index contributed by atoms with van der Waals surface area (Å²) in [6.45, 7) is 5.46. The highest BCUT2D eigenvalue weighted by atomic mass is 79.9. The lowest BCUT2D eigenvalue weighted by atomic mass is 9.91. The van der Waals surface area contributed by atoms with E-state index in [1.807, 2.05) is 0 Å². The van der Waals surface area contributed by atoms with Crippen LogP contribution in [0.3, 0.4) is 0 Å². The fourth-order valence-electron chi connectivity index (χ4n) is 4.11. The van der Waals surface area contributed by atoms with Crippen molar-refractivity contribution in [1.29, 1.82) is 0 Å². The van der Waals surface area contributed by atoms with Gasteiger partial charge in [0.25, 0.3) is 0 Å². The van der Waals surface area contributed by atoms with E-state index in [4.69, 9.17) is 9.47 Å². The molecule has 0 bridgehead atoms. The molecule has 22 heavy (non-hydrogen) atoms. The lowest BCUT2D eigenvalue weighted by molar-refractivity contribution is 0.250. The Bertz CT molecular complexity index is 556. The summed E-state index contributed by atoms with van der Waals surface area (Å²) in [7, 11) is 0. The molecule has 0 aliphatic carbocycles. The molecule has 3 aliphatic heterocycles. The van der Waals surface area contributed by atoms with Gasteiger partial charge in [0.1, 0.15) is 23.7 Å². The van der Waals surface area contributed by atoms with Crippen molar-refractivity contribution >= 4 is 15.9 Å². The largest absolute Gasteiger partial charge is 0.490 e. The van der Waals surface area contributed by atoms with Crippen LogP contribution in [0.25, 0.3) is 0 Å². The highest BCUT2D eigenvalue weighted by Gasteiger charge is 2.35. The Labute approximate surface area is 140 Å². The summed E-state index contributed by atoms with van der Waals surface area (Å²) in [5.41, 5.74) is 4.09. The number of nitrogens with one attached hydrogen (secondary N) is 1. The molecule has 1 N–H and O–H groups in total. The molecule has 1 saturated heterocycles. The molecule has 3 nitrogen and oxygen atoms in total. The minimum atomic E-state index is 0.268. The molecular weight excluding hydrogens is 342 g/mol. The van der Waals surface area contributed by atoms with Crippen molar-refractivity contribution in [1.82, 2.24) is 5.32 Å². The van der Waals surface area contributed by atoms with E-state index < -0.39 is 0 Å². The average Bonchev–Trinajstić information content (AvgIpc) is 3.08. The maximum absolute atomic E-state index is 6.21. The van der Waals surface area contributed by atoms with Gasteiger partial charge in [-0.2, -0.15) is 0 Å². The first-order chi connectivity index (χ1) is 10.6. The number of piperidine rings is 1. The molecule has 0 radical (unpaired) electrons. The van der Waals surface area contributed by atoms with Gasteiger partial charge in [0.05, 0.1) is 4.47 Å². The van der Waals surface area contributed by atoms with Gasteiger partial charge in [0.15, 0.2) is 0 Å². The van der Waals surface area contributed by atoms with Gasteiger partial charge in [-0.15, -0.1) is 0 Å². The maximum atomic E-state index is 6.21. The summed E-state index contributed by atoms with van der Waals surface area (Å²) in [6.07, 6.45) is 7.50. The van der Waals surface area contributed by atoms with Crippen LogP contribution in [0.2, 0.25) is 0 Å². The zero-order chi connectivity index (χ0) is 15.3. The zero-order valence-electron chi connectivity index (χ0n) is 13.4. The monoisotopic (exact) mass is 365 g/mol. The minimum Gasteiger partial charge on any atom is -0.490 e. The first kappa shape index (κ1) is 14.8. The van der Waals surface area contributed by atoms with E-state index in [1.165, 1.54) is 36.0 Å². The van der Waals surface area contributed by atoms with Gasteiger partial charge in [0.2, 0.25) is 0 Å². The summed E-state index contributed by atoms with van der Waals surface area (Å²) in [6, 6.07) is 0.582. The van der Waals surface area contributed by atoms with E-state index in [1.54, 1.807) is 0 Å². The Kier molecular flexibility index (Phi) is 3.85. The first-order valence-electron chi connectivity index (χ1n) is 8.56. The van der Waals surface area contributed by atoms with Crippen LogP contribution >= 0.6 is 15.9 Å². The van der Waals surface area contributed by atoms with Crippen molar-refractivity contribution < 1.29 is 9.47 Å². The van der Waals surface area contributed by atoms with Gasteiger partial charge >= 0.3 is 0 Å². The molecular formula is C18H24BrNO2. The molecule has 4 rings (SSSR count). The van der Waals surface area contributed by atoms with Crippen molar-refractivity contribution in [2.45, 2.75) is 70.6 Å². The zero-order valence-corrected chi connectivity index (χ0v) is 15.0. The van der Waals surface area contributed by atoms with Crippen LogP contribution in [0, 0.1) is 0 Å². The van der Waals surface area contributed by atoms with Crippen molar-refractivity contribution in [3.05, 3.63) is 21.2 Å². The van der Waals surface area contributed by atoms with Crippen LogP contribution in [0.4, 0.5) is 0 Å². The van der Waals surface area contributed by atoms with Crippen molar-refractivity contribution in [2.24, 2.45) is 0 Å². The Morgan fingerprint density at radius 2 is 1.77 bits per heavy atom. The third-order valence-electron chi connectivity index (χ3n) is 5.13. The molecule has 3 heterocycles. The van der Waals surface area contributed by atoms with Crippen LogP contribution in [0.1, 0.15) is 49.8 Å². The van der Waals surface area contributed by atoms with Gasteiger partial charge in [-0.3, -0.25) is 0 Å². The van der Waals surface area contributed by atoms with Crippen LogP contribution in [-0.2, 0) is 19.3 Å². The number of fused-ring (bicyclic) bond motifs is 2. The predicted molar refractivity (Wildman–Crippen MR) is 91.1 cm³/mol. The van der Waals surface area contributed by atoms with Crippen LogP contribution in [0.5, 0.6) is 11.5 Å². The first-order valence-corrected chi connectivity index (χ1v) is 9.35. The number of hydrogen-bond acceptors (Lipinski definition) is 3. The van der Waals surface area contributed by atoms with Gasteiger partial charge in [0, 0.05) is 35.6 Å². The lowest BCUT2D eigenvalue weighted by Gasteiger charge is -2.25. The molecule has 0 saturated carbocycles. The Morgan fingerprint density at radius 1 is 1.05 bits per heavy atom. The number of benzene rings is 1. The molecule has 120 valence electrons. The molecule has 3 aliphatic rings. The predicted octanol–water partition coefficient (Wildman–Crippen LogP) is 3.78. The smallest absolute Gasteiger partial charge is 0.138 e. The normalized spacial score (nSPS) is 29.7. The van der Waals surface area contributed by atoms with E-state index >= 15 is 0 Å². The quantitative estimate of drug-likeness (QED) is 0.864. The second-order valence-corrected chi connectivity index (χ2v) is 7.82. The van der Waals surface area contributed by atoms with E-state index in [0.29, 0.717) is 6.04 Å². The Balaban J connectivity index is 1.76. The topological polar surface area (TPSA) is 30.5 Å². The Morgan fingerprint density at radius 3 is 2.50 bits per heavy atom. The summed E-state index contributed by atoms with van der Waals surface area (Å²) in [4.78, 5) is 0. The number of ether oxygens (including phenoxy) is 2. The maximum Gasteiger partial charge on any atom is 0.138 e. The highest BCUT2D eigenvalue weighted by molar-refractivity contribution is 9.10. The molecule has 4 heteroatoms. The van der Waals surface area contributed by atoms with E-state index in [0.717, 1.165) is 41.8 Å². The molecule has 0 aromatic heterocycles. The third-order valence-corrected chi connectivity index (χ3v) is 5.97. The number of hydrogen-bond donors (Lipinski definition) is 1. The fourth-order valence-corrected chi connectivity index (χ4v) is 4.78. The van der Waals surface area contributed by atoms with Crippen LogP contribution in [-0.4, -0.2) is 24.8 Å². The molecule has 0 spiro atoms. The van der Waals surface area contributed by atoms with Gasteiger partial charge in [-0.05, 0) is 55.6 Å². The second-order valence-electron chi connectivity index (χ2n) is 7.02. The molecule has 1 aromatic carbocycles. The van der Waals surface area contributed by atoms with E-state index in [9.17, 15) is 0 Å². The molecule has 0 amide bonds. The summed E-state index contributed by atoms with van der Waals surface area (Å²) >= 11 is 3.78. The molecule has 1 aromatic rings. The van der Waals surface area contributed by atoms with E-state index in [2.05, 4.69) is 35.1 Å². The third kappa shape index (κ3) is 2.44. The van der Waals surface area contributed by atoms with Gasteiger partial charge in [-0.25, -0.2) is 0 Å². The average molecular weight is 366 g/mol. The molecule has 3 atom stereocenters. The van der Waals surface area contributed by atoms with Gasteiger partial charge < -0.3 is 14.8 Å².